The summed E-state index contributed by atoms with van der Waals surface area (Å²) in [6.07, 6.45) is 3.22. The van der Waals surface area contributed by atoms with E-state index in [1.165, 1.54) is 0 Å². The summed E-state index contributed by atoms with van der Waals surface area (Å²) >= 11 is 0. The molecule has 7 heteroatoms. The van der Waals surface area contributed by atoms with E-state index >= 15 is 0 Å². The fraction of sp³-hybridized carbons (Fsp3) is 0.600. The largest absolute Gasteiger partial charge is 0.484 e. The second-order valence-electron chi connectivity index (χ2n) is 7.26. The van der Waals surface area contributed by atoms with Gasteiger partial charge in [0.2, 0.25) is 5.91 Å². The van der Waals surface area contributed by atoms with Gasteiger partial charge < -0.3 is 24.0 Å². The summed E-state index contributed by atoms with van der Waals surface area (Å²) in [4.78, 5) is 27.8. The highest BCUT2D eigenvalue weighted by molar-refractivity contribution is 5.95. The summed E-state index contributed by atoms with van der Waals surface area (Å²) in [5.41, 5.74) is 0.884. The summed E-state index contributed by atoms with van der Waals surface area (Å²) in [5.74, 6) is 1.18. The SMILES string of the molecule is O=C(COc1ccc(N2CCCC2=O)cc1)N1CCC(C2OCCO2)CC1. The number of rotatable bonds is 5. The molecule has 0 bridgehead atoms. The van der Waals surface area contributed by atoms with Crippen molar-refractivity contribution in [3.05, 3.63) is 24.3 Å². The summed E-state index contributed by atoms with van der Waals surface area (Å²) in [7, 11) is 0. The van der Waals surface area contributed by atoms with E-state index in [0.29, 0.717) is 44.4 Å². The average molecular weight is 374 g/mol. The molecule has 3 aliphatic rings. The van der Waals surface area contributed by atoms with Gasteiger partial charge >= 0.3 is 0 Å². The Labute approximate surface area is 159 Å². The maximum Gasteiger partial charge on any atom is 0.260 e. The van der Waals surface area contributed by atoms with E-state index in [1.54, 1.807) is 4.90 Å². The first kappa shape index (κ1) is 18.3. The Morgan fingerprint density at radius 1 is 1.07 bits per heavy atom. The molecule has 0 aromatic heterocycles. The molecule has 27 heavy (non-hydrogen) atoms. The normalized spacial score (nSPS) is 21.9. The molecule has 0 aliphatic carbocycles. The monoisotopic (exact) mass is 374 g/mol. The zero-order chi connectivity index (χ0) is 18.6. The van der Waals surface area contributed by atoms with Gasteiger partial charge in [-0.25, -0.2) is 0 Å². The molecule has 2 amide bonds. The van der Waals surface area contributed by atoms with Crippen molar-refractivity contribution in [1.29, 1.82) is 0 Å². The first-order valence-electron chi connectivity index (χ1n) is 9.75. The van der Waals surface area contributed by atoms with Crippen molar-refractivity contribution in [2.45, 2.75) is 32.0 Å². The standard InChI is InChI=1S/C20H26N2O5/c23-18-2-1-9-22(18)16-3-5-17(6-4-16)27-14-19(24)21-10-7-15(8-11-21)20-25-12-13-26-20/h3-6,15,20H,1-2,7-14H2. The van der Waals surface area contributed by atoms with E-state index in [-0.39, 0.29) is 24.7 Å². The number of hydrogen-bond donors (Lipinski definition) is 0. The van der Waals surface area contributed by atoms with E-state index < -0.39 is 0 Å². The first-order valence-corrected chi connectivity index (χ1v) is 9.75. The number of carbonyl (C=O) groups excluding carboxylic acids is 2. The Kier molecular flexibility index (Phi) is 5.59. The van der Waals surface area contributed by atoms with Crippen LogP contribution in [0.25, 0.3) is 0 Å². The molecule has 1 aromatic carbocycles. The molecular formula is C20H26N2O5. The number of piperidine rings is 1. The van der Waals surface area contributed by atoms with Gasteiger partial charge in [0.25, 0.3) is 5.91 Å². The minimum absolute atomic E-state index is 0.000468. The van der Waals surface area contributed by atoms with E-state index in [2.05, 4.69) is 0 Å². The van der Waals surface area contributed by atoms with Crippen molar-refractivity contribution in [2.75, 3.05) is 44.4 Å². The molecule has 0 N–H and O–H groups in total. The second-order valence-corrected chi connectivity index (χ2v) is 7.26. The molecule has 7 nitrogen and oxygen atoms in total. The van der Waals surface area contributed by atoms with E-state index in [4.69, 9.17) is 14.2 Å². The number of ether oxygens (including phenoxy) is 3. The number of benzene rings is 1. The van der Waals surface area contributed by atoms with Gasteiger partial charge in [0.05, 0.1) is 13.2 Å². The van der Waals surface area contributed by atoms with Crippen molar-refractivity contribution < 1.29 is 23.8 Å². The number of hydrogen-bond acceptors (Lipinski definition) is 5. The van der Waals surface area contributed by atoms with Crippen molar-refractivity contribution in [3.8, 4) is 5.75 Å². The third kappa shape index (κ3) is 4.25. The minimum Gasteiger partial charge on any atom is -0.484 e. The number of likely N-dealkylation sites (tertiary alicyclic amines) is 1. The van der Waals surface area contributed by atoms with Crippen LogP contribution in [0, 0.1) is 5.92 Å². The van der Waals surface area contributed by atoms with Gasteiger partial charge in [0.1, 0.15) is 5.75 Å². The summed E-state index contributed by atoms with van der Waals surface area (Å²) < 4.78 is 16.8. The van der Waals surface area contributed by atoms with Crippen LogP contribution in [0.5, 0.6) is 5.75 Å². The summed E-state index contributed by atoms with van der Waals surface area (Å²) in [5, 5.41) is 0. The predicted molar refractivity (Wildman–Crippen MR) is 98.5 cm³/mol. The van der Waals surface area contributed by atoms with Crippen LogP contribution in [0.15, 0.2) is 24.3 Å². The van der Waals surface area contributed by atoms with Crippen molar-refractivity contribution in [1.82, 2.24) is 4.90 Å². The van der Waals surface area contributed by atoms with Gasteiger partial charge in [0, 0.05) is 37.7 Å². The highest BCUT2D eigenvalue weighted by Gasteiger charge is 2.31. The van der Waals surface area contributed by atoms with Crippen LogP contribution in [-0.2, 0) is 19.1 Å². The number of anilines is 1. The predicted octanol–water partition coefficient (Wildman–Crippen LogP) is 1.80. The number of amides is 2. The lowest BCUT2D eigenvalue weighted by molar-refractivity contribution is -0.138. The maximum atomic E-state index is 12.4. The molecule has 1 aromatic rings. The molecule has 0 spiro atoms. The minimum atomic E-state index is -0.0977. The highest BCUT2D eigenvalue weighted by atomic mass is 16.7. The zero-order valence-corrected chi connectivity index (χ0v) is 15.5. The molecule has 3 saturated heterocycles. The molecule has 3 fully saturated rings. The van der Waals surface area contributed by atoms with Gasteiger partial charge in [-0.15, -0.1) is 0 Å². The smallest absolute Gasteiger partial charge is 0.260 e. The summed E-state index contributed by atoms with van der Waals surface area (Å²) in [6.45, 7) is 3.57. The number of carbonyl (C=O) groups is 2. The van der Waals surface area contributed by atoms with Crippen molar-refractivity contribution in [2.24, 2.45) is 5.92 Å². The van der Waals surface area contributed by atoms with Crippen LogP contribution in [-0.4, -0.2) is 62.5 Å². The van der Waals surface area contributed by atoms with Crippen molar-refractivity contribution >= 4 is 17.5 Å². The molecule has 3 aliphatic heterocycles. The Morgan fingerprint density at radius 3 is 2.41 bits per heavy atom. The fourth-order valence-electron chi connectivity index (χ4n) is 3.95. The van der Waals surface area contributed by atoms with Gasteiger partial charge in [-0.05, 0) is 43.5 Å². The summed E-state index contributed by atoms with van der Waals surface area (Å²) in [6, 6.07) is 7.37. The van der Waals surface area contributed by atoms with Crippen LogP contribution < -0.4 is 9.64 Å². The lowest BCUT2D eigenvalue weighted by Crippen LogP contribution is -2.43. The highest BCUT2D eigenvalue weighted by Crippen LogP contribution is 2.26. The van der Waals surface area contributed by atoms with Crippen LogP contribution >= 0.6 is 0 Å². The topological polar surface area (TPSA) is 68.3 Å². The molecule has 0 unspecified atom stereocenters. The van der Waals surface area contributed by atoms with E-state index in [0.717, 1.165) is 31.5 Å². The Balaban J connectivity index is 1.23. The van der Waals surface area contributed by atoms with Gasteiger partial charge in [0.15, 0.2) is 12.9 Å². The Morgan fingerprint density at radius 2 is 1.78 bits per heavy atom. The maximum absolute atomic E-state index is 12.4. The van der Waals surface area contributed by atoms with E-state index in [9.17, 15) is 9.59 Å². The van der Waals surface area contributed by atoms with Crippen molar-refractivity contribution in [3.63, 3.8) is 0 Å². The molecule has 0 radical (unpaired) electrons. The van der Waals surface area contributed by atoms with Crippen LogP contribution in [0.4, 0.5) is 5.69 Å². The Hall–Kier alpha value is -2.12. The lowest BCUT2D eigenvalue weighted by Gasteiger charge is -2.33. The Bertz CT molecular complexity index is 663. The molecule has 146 valence electrons. The quantitative estimate of drug-likeness (QED) is 0.786. The lowest BCUT2D eigenvalue weighted by atomic mass is 9.96. The van der Waals surface area contributed by atoms with Crippen LogP contribution in [0.3, 0.4) is 0 Å². The third-order valence-corrected chi connectivity index (χ3v) is 5.51. The van der Waals surface area contributed by atoms with E-state index in [1.807, 2.05) is 29.2 Å². The second kappa shape index (κ2) is 8.27. The molecular weight excluding hydrogens is 348 g/mol. The van der Waals surface area contributed by atoms with Crippen LogP contribution in [0.2, 0.25) is 0 Å². The zero-order valence-electron chi connectivity index (χ0n) is 15.5. The fourth-order valence-corrected chi connectivity index (χ4v) is 3.95. The molecule has 0 saturated carbocycles. The molecule has 0 atom stereocenters. The molecule has 3 heterocycles. The van der Waals surface area contributed by atoms with Gasteiger partial charge in [-0.2, -0.15) is 0 Å². The van der Waals surface area contributed by atoms with Crippen LogP contribution in [0.1, 0.15) is 25.7 Å². The third-order valence-electron chi connectivity index (χ3n) is 5.51. The van der Waals surface area contributed by atoms with Gasteiger partial charge in [-0.1, -0.05) is 0 Å². The average Bonchev–Trinajstić information content (AvgIpc) is 3.39. The molecule has 4 rings (SSSR count). The first-order chi connectivity index (χ1) is 13.2. The van der Waals surface area contributed by atoms with Gasteiger partial charge in [-0.3, -0.25) is 9.59 Å². The number of nitrogens with zero attached hydrogens (tertiary/aromatic N) is 2.